The lowest BCUT2D eigenvalue weighted by Crippen LogP contribution is -2.19. The molecule has 0 saturated heterocycles. The third-order valence-corrected chi connectivity index (χ3v) is 3.27. The van der Waals surface area contributed by atoms with Crippen molar-refractivity contribution in [3.8, 4) is 0 Å². The van der Waals surface area contributed by atoms with Crippen molar-refractivity contribution < 1.29 is 4.79 Å². The third kappa shape index (κ3) is 2.04. The minimum atomic E-state index is -0.295. The fraction of sp³-hybridized carbons (Fsp3) is 0.273. The van der Waals surface area contributed by atoms with Crippen LogP contribution in [0.15, 0.2) is 29.3 Å². The Morgan fingerprint density at radius 2 is 2.27 bits per heavy atom. The van der Waals surface area contributed by atoms with Gasteiger partial charge in [0.1, 0.15) is 6.04 Å². The number of Topliss-reactive ketones (excluding diaryl/α,β-unsaturated/α-hetero) is 1. The van der Waals surface area contributed by atoms with Crippen molar-refractivity contribution in [2.45, 2.75) is 13.0 Å². The lowest BCUT2D eigenvalue weighted by Gasteiger charge is -2.07. The summed E-state index contributed by atoms with van der Waals surface area (Å²) in [5, 5.41) is 0.516. The Bertz CT molecular complexity index is 428. The van der Waals surface area contributed by atoms with Gasteiger partial charge in [-0.2, -0.15) is 0 Å². The van der Waals surface area contributed by atoms with E-state index in [1.165, 1.54) is 11.8 Å². The molecule has 0 aliphatic carbocycles. The highest BCUT2D eigenvalue weighted by Crippen LogP contribution is 2.20. The van der Waals surface area contributed by atoms with Crippen molar-refractivity contribution in [3.05, 3.63) is 35.4 Å². The van der Waals surface area contributed by atoms with Gasteiger partial charge in [0, 0.05) is 11.3 Å². The average Bonchev–Trinajstić information content (AvgIpc) is 2.65. The number of amidine groups is 1. The van der Waals surface area contributed by atoms with Crippen LogP contribution < -0.4 is 5.73 Å². The SMILES string of the molecule is Cc1ccccc1C(=O)C1CSC(N)=N1. The van der Waals surface area contributed by atoms with Crippen LogP contribution in [0.25, 0.3) is 0 Å². The number of thioether (sulfide) groups is 1. The second-order valence-corrected chi connectivity index (χ2v) is 4.51. The summed E-state index contributed by atoms with van der Waals surface area (Å²) in [6.07, 6.45) is 0. The van der Waals surface area contributed by atoms with Gasteiger partial charge in [0.2, 0.25) is 0 Å². The third-order valence-electron chi connectivity index (χ3n) is 2.39. The second kappa shape index (κ2) is 4.06. The van der Waals surface area contributed by atoms with Gasteiger partial charge in [-0.15, -0.1) is 0 Å². The van der Waals surface area contributed by atoms with Crippen LogP contribution in [0.1, 0.15) is 15.9 Å². The summed E-state index contributed by atoms with van der Waals surface area (Å²) in [7, 11) is 0. The van der Waals surface area contributed by atoms with E-state index in [1.807, 2.05) is 31.2 Å². The number of nitrogens with two attached hydrogens (primary N) is 1. The summed E-state index contributed by atoms with van der Waals surface area (Å²) in [5.74, 6) is 0.736. The van der Waals surface area contributed by atoms with Crippen molar-refractivity contribution >= 4 is 22.7 Å². The minimum Gasteiger partial charge on any atom is -0.379 e. The van der Waals surface area contributed by atoms with Crippen molar-refractivity contribution in [1.82, 2.24) is 0 Å². The van der Waals surface area contributed by atoms with Crippen molar-refractivity contribution in [2.75, 3.05) is 5.75 Å². The van der Waals surface area contributed by atoms with E-state index in [4.69, 9.17) is 5.73 Å². The van der Waals surface area contributed by atoms with Gasteiger partial charge in [-0.3, -0.25) is 9.79 Å². The molecule has 78 valence electrons. The maximum Gasteiger partial charge on any atom is 0.188 e. The van der Waals surface area contributed by atoms with Gasteiger partial charge >= 0.3 is 0 Å². The molecule has 3 nitrogen and oxygen atoms in total. The second-order valence-electron chi connectivity index (χ2n) is 3.47. The fourth-order valence-corrected chi connectivity index (χ4v) is 2.31. The van der Waals surface area contributed by atoms with Crippen molar-refractivity contribution in [3.63, 3.8) is 0 Å². The summed E-state index contributed by atoms with van der Waals surface area (Å²) in [5.41, 5.74) is 7.28. The quantitative estimate of drug-likeness (QED) is 0.770. The van der Waals surface area contributed by atoms with Crippen molar-refractivity contribution in [1.29, 1.82) is 0 Å². The molecule has 1 unspecified atom stereocenters. The number of carbonyl (C=O) groups excluding carboxylic acids is 1. The number of hydrogen-bond acceptors (Lipinski definition) is 4. The van der Waals surface area contributed by atoms with Gasteiger partial charge in [-0.1, -0.05) is 36.0 Å². The Kier molecular flexibility index (Phi) is 2.77. The molecule has 1 aliphatic heterocycles. The molecule has 1 aromatic rings. The largest absolute Gasteiger partial charge is 0.379 e. The Labute approximate surface area is 92.8 Å². The molecule has 1 heterocycles. The van der Waals surface area contributed by atoms with Crippen LogP contribution in [0.2, 0.25) is 0 Å². The molecular weight excluding hydrogens is 208 g/mol. The van der Waals surface area contributed by atoms with Crippen LogP contribution in [0.4, 0.5) is 0 Å². The monoisotopic (exact) mass is 220 g/mol. The molecule has 1 aromatic carbocycles. The molecule has 0 fully saturated rings. The molecule has 2 rings (SSSR count). The van der Waals surface area contributed by atoms with Gasteiger partial charge in [-0.25, -0.2) is 0 Å². The van der Waals surface area contributed by atoms with Crippen LogP contribution in [0.3, 0.4) is 0 Å². The first-order valence-electron chi connectivity index (χ1n) is 4.74. The molecule has 0 saturated carbocycles. The maximum atomic E-state index is 12.0. The van der Waals surface area contributed by atoms with E-state index in [1.54, 1.807) is 0 Å². The number of nitrogens with zero attached hydrogens (tertiary/aromatic N) is 1. The first-order chi connectivity index (χ1) is 7.18. The molecule has 0 spiro atoms. The van der Waals surface area contributed by atoms with E-state index in [0.29, 0.717) is 10.9 Å². The Balaban J connectivity index is 2.26. The molecule has 15 heavy (non-hydrogen) atoms. The van der Waals surface area contributed by atoms with E-state index in [0.717, 1.165) is 11.1 Å². The van der Waals surface area contributed by atoms with E-state index < -0.39 is 0 Å². The molecule has 0 radical (unpaired) electrons. The highest BCUT2D eigenvalue weighted by Gasteiger charge is 2.25. The zero-order valence-electron chi connectivity index (χ0n) is 8.43. The zero-order chi connectivity index (χ0) is 10.8. The highest BCUT2D eigenvalue weighted by molar-refractivity contribution is 8.14. The van der Waals surface area contributed by atoms with Crippen LogP contribution >= 0.6 is 11.8 Å². The molecule has 1 aliphatic rings. The molecule has 4 heteroatoms. The molecule has 0 amide bonds. The first-order valence-corrected chi connectivity index (χ1v) is 5.73. The van der Waals surface area contributed by atoms with Crippen LogP contribution in [0, 0.1) is 6.92 Å². The number of ketones is 1. The van der Waals surface area contributed by atoms with Crippen molar-refractivity contribution in [2.24, 2.45) is 10.7 Å². The number of carbonyl (C=O) groups is 1. The van der Waals surface area contributed by atoms with Crippen LogP contribution in [-0.4, -0.2) is 22.7 Å². The summed E-state index contributed by atoms with van der Waals surface area (Å²) in [4.78, 5) is 16.2. The summed E-state index contributed by atoms with van der Waals surface area (Å²) in [6, 6.07) is 7.27. The first kappa shape index (κ1) is 10.2. The maximum absolute atomic E-state index is 12.0. The number of rotatable bonds is 2. The smallest absolute Gasteiger partial charge is 0.188 e. The van der Waals surface area contributed by atoms with Gasteiger partial charge in [-0.05, 0) is 12.5 Å². The van der Waals surface area contributed by atoms with E-state index in [9.17, 15) is 4.79 Å². The normalized spacial score (nSPS) is 20.1. The number of aliphatic imine (C=N–C) groups is 1. The number of benzene rings is 1. The Hall–Kier alpha value is -1.29. The summed E-state index contributed by atoms with van der Waals surface area (Å²) >= 11 is 1.44. The number of hydrogen-bond donors (Lipinski definition) is 1. The minimum absolute atomic E-state index is 0.0704. The van der Waals surface area contributed by atoms with E-state index in [2.05, 4.69) is 4.99 Å². The highest BCUT2D eigenvalue weighted by atomic mass is 32.2. The average molecular weight is 220 g/mol. The predicted octanol–water partition coefficient (Wildman–Crippen LogP) is 1.61. The standard InChI is InChI=1S/C11H12N2OS/c1-7-4-2-3-5-8(7)10(14)9-6-15-11(12)13-9/h2-5,9H,6H2,1H3,(H2,12,13). The summed E-state index contributed by atoms with van der Waals surface area (Å²) in [6.45, 7) is 1.93. The van der Waals surface area contributed by atoms with Crippen LogP contribution in [-0.2, 0) is 0 Å². The molecule has 0 bridgehead atoms. The van der Waals surface area contributed by atoms with E-state index >= 15 is 0 Å². The van der Waals surface area contributed by atoms with Gasteiger partial charge < -0.3 is 5.73 Å². The Morgan fingerprint density at radius 1 is 1.53 bits per heavy atom. The van der Waals surface area contributed by atoms with Crippen LogP contribution in [0.5, 0.6) is 0 Å². The lowest BCUT2D eigenvalue weighted by atomic mass is 10.0. The van der Waals surface area contributed by atoms with Gasteiger partial charge in [0.05, 0.1) is 0 Å². The summed E-state index contributed by atoms with van der Waals surface area (Å²) < 4.78 is 0. The van der Waals surface area contributed by atoms with E-state index in [-0.39, 0.29) is 11.8 Å². The predicted molar refractivity (Wildman–Crippen MR) is 63.4 cm³/mol. The molecular formula is C11H12N2OS. The zero-order valence-corrected chi connectivity index (χ0v) is 9.25. The lowest BCUT2D eigenvalue weighted by molar-refractivity contribution is 0.0971. The topological polar surface area (TPSA) is 55.5 Å². The number of aryl methyl sites for hydroxylation is 1. The van der Waals surface area contributed by atoms with Gasteiger partial charge in [0.25, 0.3) is 0 Å². The Morgan fingerprint density at radius 3 is 2.87 bits per heavy atom. The molecule has 1 atom stereocenters. The fourth-order valence-electron chi connectivity index (χ4n) is 1.56. The molecule has 2 N–H and O–H groups in total. The van der Waals surface area contributed by atoms with Gasteiger partial charge in [0.15, 0.2) is 11.0 Å². The molecule has 0 aromatic heterocycles.